The minimum atomic E-state index is -1.03. The lowest BCUT2D eigenvalue weighted by molar-refractivity contribution is -0.125. The second-order valence-corrected chi connectivity index (χ2v) is 9.25. The summed E-state index contributed by atoms with van der Waals surface area (Å²) in [5.74, 6) is -0.559. The number of nitrogens with one attached hydrogen (secondary N) is 1. The molecule has 0 spiro atoms. The van der Waals surface area contributed by atoms with E-state index < -0.39 is 36.4 Å². The minimum absolute atomic E-state index is 0.0421. The van der Waals surface area contributed by atoms with Gasteiger partial charge in [0, 0.05) is 17.9 Å². The summed E-state index contributed by atoms with van der Waals surface area (Å²) in [6, 6.07) is 6.83. The van der Waals surface area contributed by atoms with Gasteiger partial charge in [-0.25, -0.2) is 4.79 Å². The third kappa shape index (κ3) is 9.81. The van der Waals surface area contributed by atoms with Crippen molar-refractivity contribution < 1.29 is 38.8 Å². The number of hydrogen-bond acceptors (Lipinski definition) is 8. The van der Waals surface area contributed by atoms with E-state index in [2.05, 4.69) is 5.32 Å². The molecule has 2 unspecified atom stereocenters. The first kappa shape index (κ1) is 28.5. The van der Waals surface area contributed by atoms with E-state index in [0.717, 1.165) is 0 Å². The van der Waals surface area contributed by atoms with E-state index in [-0.39, 0.29) is 32.2 Å². The number of ether oxygens (including phenoxy) is 3. The van der Waals surface area contributed by atoms with Crippen LogP contribution in [0.4, 0.5) is 16.2 Å². The maximum atomic E-state index is 12.8. The van der Waals surface area contributed by atoms with Crippen LogP contribution in [0.1, 0.15) is 34.1 Å². The van der Waals surface area contributed by atoms with Crippen LogP contribution in [-0.2, 0) is 23.8 Å². The molecule has 1 aromatic rings. The molecule has 2 rings (SSSR count). The summed E-state index contributed by atoms with van der Waals surface area (Å²) in [7, 11) is 0. The van der Waals surface area contributed by atoms with Crippen molar-refractivity contribution in [3.63, 3.8) is 0 Å². The Bertz CT molecular complexity index is 840. The number of hydrogen-bond donors (Lipinski definition) is 3. The van der Waals surface area contributed by atoms with Gasteiger partial charge in [-0.15, -0.1) is 0 Å². The molecule has 0 radical (unpaired) electrons. The molecular weight excluding hydrogens is 458 g/mol. The van der Waals surface area contributed by atoms with Gasteiger partial charge in [-0.3, -0.25) is 14.5 Å². The predicted octanol–water partition coefficient (Wildman–Crippen LogP) is 1.37. The van der Waals surface area contributed by atoms with Gasteiger partial charge in [-0.2, -0.15) is 0 Å². The Kier molecular flexibility index (Phi) is 10.9. The first-order valence-electron chi connectivity index (χ1n) is 11.7. The number of aliphatic hydroxyl groups is 2. The number of carbonyl (C=O) groups excluding carboxylic acids is 3. The normalized spacial score (nSPS) is 15.9. The molecule has 35 heavy (non-hydrogen) atoms. The highest BCUT2D eigenvalue weighted by Gasteiger charge is 2.27. The fraction of sp³-hybridized carbons (Fsp3) is 0.625. The van der Waals surface area contributed by atoms with E-state index in [4.69, 9.17) is 19.3 Å². The lowest BCUT2D eigenvalue weighted by Crippen LogP contribution is -2.45. The summed E-state index contributed by atoms with van der Waals surface area (Å²) >= 11 is 0. The first-order chi connectivity index (χ1) is 16.5. The summed E-state index contributed by atoms with van der Waals surface area (Å²) in [6.07, 6.45) is -1.65. The van der Waals surface area contributed by atoms with Gasteiger partial charge in [0.15, 0.2) is 0 Å². The number of morpholine rings is 1. The lowest BCUT2D eigenvalue weighted by Gasteiger charge is -2.30. The highest BCUT2D eigenvalue weighted by atomic mass is 16.6. The van der Waals surface area contributed by atoms with E-state index in [0.29, 0.717) is 30.9 Å². The Morgan fingerprint density at radius 2 is 1.94 bits per heavy atom. The van der Waals surface area contributed by atoms with Crippen LogP contribution in [-0.4, -0.2) is 96.9 Å². The summed E-state index contributed by atoms with van der Waals surface area (Å²) in [5, 5.41) is 21.3. The van der Waals surface area contributed by atoms with Crippen LogP contribution >= 0.6 is 0 Å². The highest BCUT2D eigenvalue weighted by molar-refractivity contribution is 5.96. The average Bonchev–Trinajstić information content (AvgIpc) is 2.80. The Labute approximate surface area is 205 Å². The monoisotopic (exact) mass is 495 g/mol. The van der Waals surface area contributed by atoms with E-state index in [1.54, 1.807) is 49.9 Å². The molecule has 1 heterocycles. The molecular formula is C24H37N3O8. The third-order valence-corrected chi connectivity index (χ3v) is 5.05. The van der Waals surface area contributed by atoms with Gasteiger partial charge in [0.1, 0.15) is 24.9 Å². The summed E-state index contributed by atoms with van der Waals surface area (Å²) in [5.41, 5.74) is 0.464. The molecule has 11 nitrogen and oxygen atoms in total. The number of benzene rings is 1. The van der Waals surface area contributed by atoms with Gasteiger partial charge in [0.05, 0.1) is 32.5 Å². The van der Waals surface area contributed by atoms with Gasteiger partial charge in [-0.05, 0) is 51.5 Å². The Hall–Kier alpha value is -2.73. The Balaban J connectivity index is 2.03. The van der Waals surface area contributed by atoms with E-state index in [9.17, 15) is 19.5 Å². The third-order valence-electron chi connectivity index (χ3n) is 5.05. The fourth-order valence-corrected chi connectivity index (χ4v) is 3.27. The molecule has 1 fully saturated rings. The first-order valence-corrected chi connectivity index (χ1v) is 11.7. The summed E-state index contributed by atoms with van der Waals surface area (Å²) in [6.45, 7) is 7.27. The van der Waals surface area contributed by atoms with Crippen molar-refractivity contribution in [2.45, 2.75) is 51.9 Å². The van der Waals surface area contributed by atoms with Crippen LogP contribution in [0.25, 0.3) is 0 Å². The molecule has 0 aliphatic carbocycles. The Morgan fingerprint density at radius 1 is 1.26 bits per heavy atom. The number of anilines is 2. The summed E-state index contributed by atoms with van der Waals surface area (Å²) < 4.78 is 16.2. The molecule has 1 aliphatic rings. The Morgan fingerprint density at radius 3 is 2.51 bits per heavy atom. The minimum Gasteiger partial charge on any atom is -0.444 e. The van der Waals surface area contributed by atoms with Crippen molar-refractivity contribution in [2.75, 3.05) is 56.3 Å². The molecule has 0 aromatic heterocycles. The quantitative estimate of drug-likeness (QED) is 0.419. The summed E-state index contributed by atoms with van der Waals surface area (Å²) in [4.78, 5) is 40.4. The zero-order valence-electron chi connectivity index (χ0n) is 20.9. The SMILES string of the molecule is CCC(CN(CC(=O)Nc1ccc(N2CCOCC2=O)cc1)C(=O)OC(C)(C)C)OCC(O)CO. The maximum Gasteiger partial charge on any atom is 0.410 e. The second-order valence-electron chi connectivity index (χ2n) is 9.25. The van der Waals surface area contributed by atoms with Crippen LogP contribution in [0.15, 0.2) is 24.3 Å². The zero-order chi connectivity index (χ0) is 26.0. The lowest BCUT2D eigenvalue weighted by atomic mass is 10.2. The van der Waals surface area contributed by atoms with Crippen LogP contribution in [0, 0.1) is 0 Å². The van der Waals surface area contributed by atoms with Gasteiger partial charge in [0.2, 0.25) is 5.91 Å². The van der Waals surface area contributed by atoms with Crippen molar-refractivity contribution in [3.8, 4) is 0 Å². The van der Waals surface area contributed by atoms with Gasteiger partial charge >= 0.3 is 6.09 Å². The number of carbonyl (C=O) groups is 3. The van der Waals surface area contributed by atoms with Crippen LogP contribution in [0.3, 0.4) is 0 Å². The van der Waals surface area contributed by atoms with E-state index in [1.807, 2.05) is 6.92 Å². The number of nitrogens with zero attached hydrogens (tertiary/aromatic N) is 2. The van der Waals surface area contributed by atoms with E-state index >= 15 is 0 Å². The van der Waals surface area contributed by atoms with Crippen molar-refractivity contribution in [1.29, 1.82) is 0 Å². The fourth-order valence-electron chi connectivity index (χ4n) is 3.27. The van der Waals surface area contributed by atoms with Crippen LogP contribution in [0.5, 0.6) is 0 Å². The molecule has 3 amide bonds. The molecule has 2 atom stereocenters. The molecule has 0 bridgehead atoms. The molecule has 11 heteroatoms. The molecule has 3 N–H and O–H groups in total. The number of aliphatic hydroxyl groups excluding tert-OH is 2. The molecule has 0 saturated carbocycles. The second kappa shape index (κ2) is 13.4. The van der Waals surface area contributed by atoms with Crippen molar-refractivity contribution in [3.05, 3.63) is 24.3 Å². The van der Waals surface area contributed by atoms with Crippen molar-refractivity contribution in [1.82, 2.24) is 4.90 Å². The predicted molar refractivity (Wildman–Crippen MR) is 129 cm³/mol. The maximum absolute atomic E-state index is 12.8. The van der Waals surface area contributed by atoms with Crippen molar-refractivity contribution >= 4 is 29.3 Å². The highest BCUT2D eigenvalue weighted by Crippen LogP contribution is 2.20. The largest absolute Gasteiger partial charge is 0.444 e. The van der Waals surface area contributed by atoms with Crippen molar-refractivity contribution in [2.24, 2.45) is 0 Å². The average molecular weight is 496 g/mol. The topological polar surface area (TPSA) is 138 Å². The van der Waals surface area contributed by atoms with Crippen LogP contribution in [0.2, 0.25) is 0 Å². The zero-order valence-corrected chi connectivity index (χ0v) is 20.9. The molecule has 196 valence electrons. The smallest absolute Gasteiger partial charge is 0.410 e. The van der Waals surface area contributed by atoms with Gasteiger partial charge in [-0.1, -0.05) is 6.92 Å². The molecule has 1 aromatic carbocycles. The van der Waals surface area contributed by atoms with Gasteiger partial charge in [0.25, 0.3) is 5.91 Å². The van der Waals surface area contributed by atoms with Crippen LogP contribution < -0.4 is 10.2 Å². The van der Waals surface area contributed by atoms with Gasteiger partial charge < -0.3 is 34.6 Å². The molecule has 1 saturated heterocycles. The number of amides is 3. The number of rotatable bonds is 11. The standard InChI is InChI=1S/C24H37N3O8/c1-5-20(34-15-19(29)14-28)12-26(23(32)35-24(2,3)4)13-21(30)25-17-6-8-18(9-7-17)27-10-11-33-16-22(27)31/h6-9,19-20,28-29H,5,10-16H2,1-4H3,(H,25,30). The van der Waals surface area contributed by atoms with E-state index in [1.165, 1.54) is 4.90 Å². The molecule has 1 aliphatic heterocycles.